The number of carbonyl (C=O) groups excluding carboxylic acids is 1. The molecule has 0 heterocycles. The smallest absolute Gasteiger partial charge is 0.320 e. The van der Waals surface area contributed by atoms with Gasteiger partial charge in [0.25, 0.3) is 0 Å². The van der Waals surface area contributed by atoms with E-state index in [2.05, 4.69) is 17.6 Å². The van der Waals surface area contributed by atoms with Gasteiger partial charge in [-0.05, 0) is 45.1 Å². The summed E-state index contributed by atoms with van der Waals surface area (Å²) in [6.07, 6.45) is 4.40. The highest BCUT2D eigenvalue weighted by Crippen LogP contribution is 2.35. The molecule has 2 fully saturated rings. The topological polar surface area (TPSA) is 215 Å². The zero-order valence-electron chi connectivity index (χ0n) is 28.4. The van der Waals surface area contributed by atoms with Gasteiger partial charge in [-0.3, -0.25) is 14.4 Å². The molecule has 47 heavy (non-hydrogen) atoms. The molecule has 0 aliphatic heterocycles. The number of likely N-dealkylation sites (N-methyl/N-ethyl adjacent to an activating group) is 1. The van der Waals surface area contributed by atoms with E-state index in [1.165, 1.54) is 44.9 Å². The molecule has 2 aliphatic carbocycles. The number of amides is 1. The number of aliphatic carboxylic acids is 2. The SMILES string of the molecule is CCCCCCCCCCCCO[C@H]1C[C@@H](O)[C@H](O[C@@H]2C[C@H](C(=O)NCCCC[C@H](NCC)C(=O)O)[C@@H](O)[C@H](O)[C@H]2O)[C@@H](C(=O)O)C1. The zero-order chi connectivity index (χ0) is 34.8. The number of hydrogen-bond donors (Lipinski definition) is 8. The van der Waals surface area contributed by atoms with Crippen LogP contribution in [0.2, 0.25) is 0 Å². The van der Waals surface area contributed by atoms with Gasteiger partial charge in [0, 0.05) is 19.6 Å². The van der Waals surface area contributed by atoms with Crippen molar-refractivity contribution in [2.75, 3.05) is 19.7 Å². The highest BCUT2D eigenvalue weighted by Gasteiger charge is 2.50. The molecule has 10 atom stereocenters. The lowest BCUT2D eigenvalue weighted by Crippen LogP contribution is -2.60. The van der Waals surface area contributed by atoms with Gasteiger partial charge in [-0.15, -0.1) is 0 Å². The third kappa shape index (κ3) is 14.3. The number of ether oxygens (including phenoxy) is 2. The lowest BCUT2D eigenvalue weighted by Gasteiger charge is -2.44. The second-order valence-electron chi connectivity index (χ2n) is 13.3. The Morgan fingerprint density at radius 1 is 0.745 bits per heavy atom. The molecule has 1 amide bonds. The minimum absolute atomic E-state index is 0.114. The van der Waals surface area contributed by atoms with E-state index in [0.29, 0.717) is 32.4 Å². The molecule has 0 saturated heterocycles. The second-order valence-corrected chi connectivity index (χ2v) is 13.3. The summed E-state index contributed by atoms with van der Waals surface area (Å²) in [5.41, 5.74) is 0. The molecule has 13 heteroatoms. The monoisotopic (exact) mass is 674 g/mol. The Morgan fingerprint density at radius 2 is 1.38 bits per heavy atom. The van der Waals surface area contributed by atoms with Crippen LogP contribution in [0.5, 0.6) is 0 Å². The van der Waals surface area contributed by atoms with Crippen LogP contribution in [0, 0.1) is 11.8 Å². The maximum Gasteiger partial charge on any atom is 0.320 e. The van der Waals surface area contributed by atoms with Crippen molar-refractivity contribution in [3.05, 3.63) is 0 Å². The van der Waals surface area contributed by atoms with Crippen LogP contribution < -0.4 is 10.6 Å². The number of aliphatic hydroxyl groups excluding tert-OH is 4. The van der Waals surface area contributed by atoms with Crippen molar-refractivity contribution in [1.29, 1.82) is 0 Å². The molecule has 13 nitrogen and oxygen atoms in total. The predicted octanol–water partition coefficient (Wildman–Crippen LogP) is 2.35. The van der Waals surface area contributed by atoms with Crippen LogP contribution in [0.3, 0.4) is 0 Å². The minimum atomic E-state index is -1.72. The Morgan fingerprint density at radius 3 is 1.98 bits per heavy atom. The van der Waals surface area contributed by atoms with Gasteiger partial charge in [-0.1, -0.05) is 71.6 Å². The van der Waals surface area contributed by atoms with Crippen molar-refractivity contribution >= 4 is 17.8 Å². The Hall–Kier alpha value is -1.87. The summed E-state index contributed by atoms with van der Waals surface area (Å²) in [5, 5.41) is 67.5. The summed E-state index contributed by atoms with van der Waals surface area (Å²) >= 11 is 0. The lowest BCUT2D eigenvalue weighted by molar-refractivity contribution is -0.219. The van der Waals surface area contributed by atoms with Crippen LogP contribution in [0.15, 0.2) is 0 Å². The largest absolute Gasteiger partial charge is 0.481 e. The molecular formula is C34H62N2O11. The molecule has 2 saturated carbocycles. The third-order valence-corrected chi connectivity index (χ3v) is 9.58. The molecular weight excluding hydrogens is 612 g/mol. The Bertz CT molecular complexity index is 909. The zero-order valence-corrected chi connectivity index (χ0v) is 28.4. The first-order valence-corrected chi connectivity index (χ1v) is 18.0. The lowest BCUT2D eigenvalue weighted by atomic mass is 9.78. The van der Waals surface area contributed by atoms with Gasteiger partial charge >= 0.3 is 11.9 Å². The average Bonchev–Trinajstić information content (AvgIpc) is 3.03. The molecule has 2 aliphatic rings. The molecule has 2 rings (SSSR count). The van der Waals surface area contributed by atoms with Gasteiger partial charge < -0.3 is 50.7 Å². The van der Waals surface area contributed by atoms with Crippen LogP contribution in [0.4, 0.5) is 0 Å². The van der Waals surface area contributed by atoms with Crippen molar-refractivity contribution in [2.45, 2.75) is 165 Å². The first-order chi connectivity index (χ1) is 22.5. The fraction of sp³-hybridized carbons (Fsp3) is 0.912. The molecule has 0 unspecified atom stereocenters. The van der Waals surface area contributed by atoms with Crippen LogP contribution >= 0.6 is 0 Å². The number of nitrogens with one attached hydrogen (secondary N) is 2. The van der Waals surface area contributed by atoms with E-state index in [9.17, 15) is 45.0 Å². The van der Waals surface area contributed by atoms with Crippen LogP contribution in [0.1, 0.15) is 117 Å². The van der Waals surface area contributed by atoms with Gasteiger partial charge in [0.15, 0.2) is 0 Å². The molecule has 8 N–H and O–H groups in total. The van der Waals surface area contributed by atoms with Crippen molar-refractivity contribution in [2.24, 2.45) is 11.8 Å². The number of aliphatic hydroxyl groups is 4. The number of carboxylic acids is 2. The quantitative estimate of drug-likeness (QED) is 0.0693. The fourth-order valence-electron chi connectivity index (χ4n) is 6.75. The van der Waals surface area contributed by atoms with E-state index in [-0.39, 0.29) is 25.8 Å². The second kappa shape index (κ2) is 22.7. The summed E-state index contributed by atoms with van der Waals surface area (Å²) in [5.74, 6) is -4.97. The van der Waals surface area contributed by atoms with Crippen molar-refractivity contribution in [1.82, 2.24) is 10.6 Å². The van der Waals surface area contributed by atoms with Crippen molar-refractivity contribution in [3.8, 4) is 0 Å². The Labute approximate surface area is 279 Å². The maximum absolute atomic E-state index is 12.9. The van der Waals surface area contributed by atoms with E-state index < -0.39 is 78.5 Å². The van der Waals surface area contributed by atoms with E-state index in [1.54, 1.807) is 0 Å². The summed E-state index contributed by atoms with van der Waals surface area (Å²) in [4.78, 5) is 36.4. The van der Waals surface area contributed by atoms with Gasteiger partial charge in [0.05, 0.1) is 42.4 Å². The van der Waals surface area contributed by atoms with Crippen LogP contribution in [0.25, 0.3) is 0 Å². The van der Waals surface area contributed by atoms with Crippen LogP contribution in [-0.2, 0) is 23.9 Å². The molecule has 0 aromatic carbocycles. The standard InChI is InChI=1S/C34H62N2O11/c1-3-5-6-7-8-9-10-11-12-15-18-46-22-19-24(33(42)43)31(26(37)20-22)47-27-21-23(28(38)30(40)29(27)39)32(41)36-17-14-13-16-25(34(44)45)35-4-2/h22-31,35,37-40H,3-21H2,1-2H3,(H,36,41)(H,42,43)(H,44,45)/t22-,23+,24+,25+,26-,27-,28-,29+,30+,31-/m1/s1. The van der Waals surface area contributed by atoms with E-state index in [0.717, 1.165) is 19.3 Å². The Kier molecular flexibility index (Phi) is 20.0. The summed E-state index contributed by atoms with van der Waals surface area (Å²) < 4.78 is 11.9. The summed E-state index contributed by atoms with van der Waals surface area (Å²) in [6.45, 7) is 5.24. The third-order valence-electron chi connectivity index (χ3n) is 9.58. The number of carbonyl (C=O) groups is 3. The number of rotatable bonds is 24. The maximum atomic E-state index is 12.9. The van der Waals surface area contributed by atoms with E-state index >= 15 is 0 Å². The van der Waals surface area contributed by atoms with Crippen molar-refractivity contribution in [3.63, 3.8) is 0 Å². The van der Waals surface area contributed by atoms with Gasteiger partial charge in [-0.2, -0.15) is 0 Å². The van der Waals surface area contributed by atoms with E-state index in [1.807, 2.05) is 6.92 Å². The predicted molar refractivity (Wildman–Crippen MR) is 175 cm³/mol. The normalized spacial score (nSPS) is 30.1. The Balaban J connectivity index is 1.82. The number of carboxylic acid groups (broad SMARTS) is 2. The number of hydrogen-bond acceptors (Lipinski definition) is 10. The highest BCUT2D eigenvalue weighted by atomic mass is 16.5. The van der Waals surface area contributed by atoms with Gasteiger partial charge in [0.1, 0.15) is 18.2 Å². The van der Waals surface area contributed by atoms with Gasteiger partial charge in [-0.25, -0.2) is 0 Å². The van der Waals surface area contributed by atoms with Crippen molar-refractivity contribution < 1.29 is 54.5 Å². The molecule has 274 valence electrons. The minimum Gasteiger partial charge on any atom is -0.481 e. The summed E-state index contributed by atoms with van der Waals surface area (Å²) in [7, 11) is 0. The number of unbranched alkanes of at least 4 members (excludes halogenated alkanes) is 10. The molecule has 0 aromatic rings. The fourth-order valence-corrected chi connectivity index (χ4v) is 6.75. The molecule has 0 spiro atoms. The molecule has 0 bridgehead atoms. The first kappa shape index (κ1) is 41.3. The van der Waals surface area contributed by atoms with E-state index in [4.69, 9.17) is 9.47 Å². The average molecular weight is 675 g/mol. The first-order valence-electron chi connectivity index (χ1n) is 18.0. The highest BCUT2D eigenvalue weighted by molar-refractivity contribution is 5.79. The summed E-state index contributed by atoms with van der Waals surface area (Å²) in [6, 6.07) is -0.679. The molecule has 0 radical (unpaired) electrons. The van der Waals surface area contributed by atoms with Crippen LogP contribution in [-0.4, -0.2) is 117 Å². The van der Waals surface area contributed by atoms with Gasteiger partial charge in [0.2, 0.25) is 5.91 Å². The molecule has 0 aromatic heterocycles.